The number of aryl methyl sites for hydroxylation is 1. The molecule has 0 unspecified atom stereocenters. The van der Waals surface area contributed by atoms with E-state index in [2.05, 4.69) is 10.6 Å². The minimum atomic E-state index is -0.394. The number of hydrogen-bond acceptors (Lipinski definition) is 1. The van der Waals surface area contributed by atoms with Crippen molar-refractivity contribution in [3.63, 3.8) is 0 Å². The number of rotatable bonds is 2. The van der Waals surface area contributed by atoms with E-state index in [-0.39, 0.29) is 5.82 Å². The van der Waals surface area contributed by atoms with E-state index in [1.54, 1.807) is 25.1 Å². The maximum atomic E-state index is 13.1. The Labute approximate surface area is 105 Å². The maximum absolute atomic E-state index is 13.1. The van der Waals surface area contributed by atoms with Gasteiger partial charge < -0.3 is 10.6 Å². The summed E-state index contributed by atoms with van der Waals surface area (Å²) in [6, 6.07) is 12.9. The third kappa shape index (κ3) is 3.07. The molecule has 2 aromatic carbocycles. The monoisotopic (exact) mass is 244 g/mol. The predicted octanol–water partition coefficient (Wildman–Crippen LogP) is 3.78. The van der Waals surface area contributed by atoms with Crippen LogP contribution in [0.4, 0.5) is 20.6 Å². The van der Waals surface area contributed by atoms with Crippen molar-refractivity contribution in [2.75, 3.05) is 10.6 Å². The van der Waals surface area contributed by atoms with Crippen LogP contribution in [0.15, 0.2) is 48.5 Å². The molecule has 2 amide bonds. The molecule has 2 N–H and O–H groups in total. The molecule has 0 heterocycles. The van der Waals surface area contributed by atoms with Gasteiger partial charge in [-0.05, 0) is 36.8 Å². The molecule has 0 spiro atoms. The molecule has 3 nitrogen and oxygen atoms in total. The first-order chi connectivity index (χ1) is 8.65. The summed E-state index contributed by atoms with van der Waals surface area (Å²) in [5, 5.41) is 5.27. The molecule has 4 heteroatoms. The van der Waals surface area contributed by atoms with Crippen LogP contribution >= 0.6 is 0 Å². The summed E-state index contributed by atoms with van der Waals surface area (Å²) in [6.45, 7) is 1.80. The third-order valence-electron chi connectivity index (χ3n) is 2.48. The van der Waals surface area contributed by atoms with E-state index in [9.17, 15) is 9.18 Å². The number of urea groups is 1. The Morgan fingerprint density at radius 1 is 1.06 bits per heavy atom. The molecule has 0 fully saturated rings. The second-order valence-corrected chi connectivity index (χ2v) is 3.90. The number of amides is 2. The van der Waals surface area contributed by atoms with Crippen LogP contribution < -0.4 is 10.6 Å². The van der Waals surface area contributed by atoms with E-state index < -0.39 is 6.03 Å². The van der Waals surface area contributed by atoms with Gasteiger partial charge in [0.05, 0.1) is 0 Å². The summed E-state index contributed by atoms with van der Waals surface area (Å²) in [6.07, 6.45) is 0. The van der Waals surface area contributed by atoms with Gasteiger partial charge in [0.2, 0.25) is 0 Å². The average molecular weight is 244 g/mol. The van der Waals surface area contributed by atoms with Crippen LogP contribution in [0.3, 0.4) is 0 Å². The second-order valence-electron chi connectivity index (χ2n) is 3.90. The lowest BCUT2D eigenvalue weighted by Crippen LogP contribution is -2.19. The van der Waals surface area contributed by atoms with Crippen LogP contribution in [0, 0.1) is 12.7 Å². The first kappa shape index (κ1) is 12.1. The Morgan fingerprint density at radius 2 is 1.78 bits per heavy atom. The minimum absolute atomic E-state index is 0.379. The van der Waals surface area contributed by atoms with Gasteiger partial charge in [0.25, 0.3) is 0 Å². The number of para-hydroxylation sites is 1. The molecule has 0 atom stereocenters. The summed E-state index contributed by atoms with van der Waals surface area (Å²) in [5.74, 6) is -0.379. The number of halogens is 1. The van der Waals surface area contributed by atoms with Crippen molar-refractivity contribution in [1.29, 1.82) is 0 Å². The minimum Gasteiger partial charge on any atom is -0.308 e. The average Bonchev–Trinajstić information content (AvgIpc) is 2.35. The van der Waals surface area contributed by atoms with E-state index in [1.807, 2.05) is 18.2 Å². The van der Waals surface area contributed by atoms with E-state index in [1.165, 1.54) is 12.1 Å². The van der Waals surface area contributed by atoms with Crippen molar-refractivity contribution in [1.82, 2.24) is 0 Å². The van der Waals surface area contributed by atoms with Gasteiger partial charge in [-0.2, -0.15) is 0 Å². The van der Waals surface area contributed by atoms with Crippen molar-refractivity contribution in [3.05, 3.63) is 59.9 Å². The summed E-state index contributed by atoms with van der Waals surface area (Å²) < 4.78 is 13.1. The lowest BCUT2D eigenvalue weighted by Gasteiger charge is -2.09. The highest BCUT2D eigenvalue weighted by atomic mass is 19.1. The number of benzene rings is 2. The van der Waals surface area contributed by atoms with Gasteiger partial charge in [0.1, 0.15) is 5.82 Å². The van der Waals surface area contributed by atoms with Crippen molar-refractivity contribution in [3.8, 4) is 0 Å². The van der Waals surface area contributed by atoms with Gasteiger partial charge in [0.15, 0.2) is 0 Å². The van der Waals surface area contributed by atoms with Gasteiger partial charge in [-0.25, -0.2) is 9.18 Å². The maximum Gasteiger partial charge on any atom is 0.323 e. The standard InChI is InChI=1S/C14H13FN2O/c1-10-7-8-11(15)9-13(10)17-14(18)16-12-5-3-2-4-6-12/h2-9H,1H3,(H2,16,17,18). The Balaban J connectivity index is 2.05. The van der Waals surface area contributed by atoms with E-state index >= 15 is 0 Å². The zero-order chi connectivity index (χ0) is 13.0. The Hall–Kier alpha value is -2.36. The first-order valence-corrected chi connectivity index (χ1v) is 5.54. The lowest BCUT2D eigenvalue weighted by atomic mass is 10.2. The van der Waals surface area contributed by atoms with Crippen LogP contribution in [-0.4, -0.2) is 6.03 Å². The van der Waals surface area contributed by atoms with Gasteiger partial charge in [-0.15, -0.1) is 0 Å². The highest BCUT2D eigenvalue weighted by Crippen LogP contribution is 2.16. The number of carbonyl (C=O) groups is 1. The molecule has 2 aromatic rings. The van der Waals surface area contributed by atoms with Crippen LogP contribution in [-0.2, 0) is 0 Å². The van der Waals surface area contributed by atoms with Crippen molar-refractivity contribution in [2.45, 2.75) is 6.92 Å². The summed E-state index contributed by atoms with van der Waals surface area (Å²) in [7, 11) is 0. The number of hydrogen-bond donors (Lipinski definition) is 2. The molecule has 0 aromatic heterocycles. The van der Waals surface area contributed by atoms with Gasteiger partial charge >= 0.3 is 6.03 Å². The molecule has 0 radical (unpaired) electrons. The first-order valence-electron chi connectivity index (χ1n) is 5.54. The molecule has 2 rings (SSSR count). The molecule has 0 bridgehead atoms. The number of carbonyl (C=O) groups excluding carboxylic acids is 1. The normalized spacial score (nSPS) is 9.89. The van der Waals surface area contributed by atoms with Crippen molar-refractivity contribution in [2.24, 2.45) is 0 Å². The zero-order valence-corrected chi connectivity index (χ0v) is 9.91. The van der Waals surface area contributed by atoms with Crippen LogP contribution in [0.5, 0.6) is 0 Å². The fourth-order valence-electron chi connectivity index (χ4n) is 1.54. The molecular weight excluding hydrogens is 231 g/mol. The largest absolute Gasteiger partial charge is 0.323 e. The van der Waals surface area contributed by atoms with Gasteiger partial charge in [-0.3, -0.25) is 0 Å². The van der Waals surface area contributed by atoms with Crippen LogP contribution in [0.1, 0.15) is 5.56 Å². The fraction of sp³-hybridized carbons (Fsp3) is 0.0714. The molecule has 0 aliphatic heterocycles. The quantitative estimate of drug-likeness (QED) is 0.829. The SMILES string of the molecule is Cc1ccc(F)cc1NC(=O)Nc1ccccc1. The highest BCUT2D eigenvalue weighted by Gasteiger charge is 2.05. The van der Waals surface area contributed by atoms with Crippen molar-refractivity contribution >= 4 is 17.4 Å². The molecular formula is C14H13FN2O. The van der Waals surface area contributed by atoms with E-state index in [4.69, 9.17) is 0 Å². The summed E-state index contributed by atoms with van der Waals surface area (Å²) in [4.78, 5) is 11.7. The van der Waals surface area contributed by atoms with Gasteiger partial charge in [0, 0.05) is 11.4 Å². The molecule has 18 heavy (non-hydrogen) atoms. The third-order valence-corrected chi connectivity index (χ3v) is 2.48. The Kier molecular flexibility index (Phi) is 3.57. The smallest absolute Gasteiger partial charge is 0.308 e. The summed E-state index contributed by atoms with van der Waals surface area (Å²) >= 11 is 0. The number of nitrogens with one attached hydrogen (secondary N) is 2. The predicted molar refractivity (Wildman–Crippen MR) is 70.2 cm³/mol. The summed E-state index contributed by atoms with van der Waals surface area (Å²) in [5.41, 5.74) is 1.95. The zero-order valence-electron chi connectivity index (χ0n) is 9.91. The second kappa shape index (κ2) is 5.31. The van der Waals surface area contributed by atoms with E-state index in [0.717, 1.165) is 5.56 Å². The van der Waals surface area contributed by atoms with E-state index in [0.29, 0.717) is 11.4 Å². The molecule has 0 saturated carbocycles. The Morgan fingerprint density at radius 3 is 2.50 bits per heavy atom. The molecule has 0 saturated heterocycles. The lowest BCUT2D eigenvalue weighted by molar-refractivity contribution is 0.262. The van der Waals surface area contributed by atoms with Crippen molar-refractivity contribution < 1.29 is 9.18 Å². The number of anilines is 2. The van der Waals surface area contributed by atoms with Crippen LogP contribution in [0.2, 0.25) is 0 Å². The molecule has 0 aliphatic carbocycles. The van der Waals surface area contributed by atoms with Gasteiger partial charge in [-0.1, -0.05) is 24.3 Å². The topological polar surface area (TPSA) is 41.1 Å². The fourth-order valence-corrected chi connectivity index (χ4v) is 1.54. The highest BCUT2D eigenvalue weighted by molar-refractivity contribution is 6.00. The van der Waals surface area contributed by atoms with Crippen LogP contribution in [0.25, 0.3) is 0 Å². The Bertz CT molecular complexity index is 555. The molecule has 0 aliphatic rings. The molecule has 92 valence electrons.